The zero-order valence-electron chi connectivity index (χ0n) is 18.1. The van der Waals surface area contributed by atoms with E-state index in [0.29, 0.717) is 18.4 Å². The smallest absolute Gasteiger partial charge is 0.248 e. The summed E-state index contributed by atoms with van der Waals surface area (Å²) < 4.78 is 1.90. The van der Waals surface area contributed by atoms with Crippen LogP contribution in [0.1, 0.15) is 69.2 Å². The number of nitrogens with zero attached hydrogens (tertiary/aromatic N) is 3. The first-order valence-corrected chi connectivity index (χ1v) is 10.6. The molecule has 1 fully saturated rings. The normalized spacial score (nSPS) is 13.5. The van der Waals surface area contributed by atoms with Gasteiger partial charge in [-0.15, -0.1) is 0 Å². The molecule has 0 radical (unpaired) electrons. The fourth-order valence-corrected chi connectivity index (χ4v) is 3.51. The monoisotopic (exact) mass is 403 g/mol. The Labute approximate surface area is 177 Å². The van der Waals surface area contributed by atoms with E-state index in [1.165, 1.54) is 18.4 Å². The lowest BCUT2D eigenvalue weighted by molar-refractivity contribution is -0.111. The molecule has 1 amide bonds. The summed E-state index contributed by atoms with van der Waals surface area (Å²) in [5.41, 5.74) is 6.11. The summed E-state index contributed by atoms with van der Waals surface area (Å²) in [6.07, 6.45) is 5.94. The standard InChI is InChI=1S/C24H29N5O/c1-15(2)10-23(30)27-19-7-5-6-17(11-19)13-25-22-12-21(18-8-9-18)28-24-20(16(3)4)14-26-29(22)24/h5-7,10-12,14,16,18,25H,8-9,13H2,1-4H3,(H,27,30). The van der Waals surface area contributed by atoms with Crippen LogP contribution in [0.5, 0.6) is 0 Å². The summed E-state index contributed by atoms with van der Waals surface area (Å²) in [5, 5.41) is 11.0. The van der Waals surface area contributed by atoms with Crippen molar-refractivity contribution in [2.75, 3.05) is 10.6 Å². The van der Waals surface area contributed by atoms with Gasteiger partial charge in [-0.3, -0.25) is 4.79 Å². The van der Waals surface area contributed by atoms with Crippen molar-refractivity contribution in [3.05, 3.63) is 65.0 Å². The first-order valence-electron chi connectivity index (χ1n) is 10.6. The minimum Gasteiger partial charge on any atom is -0.366 e. The second-order valence-corrected chi connectivity index (χ2v) is 8.60. The van der Waals surface area contributed by atoms with E-state index in [4.69, 9.17) is 4.98 Å². The molecule has 0 saturated heterocycles. The fraction of sp³-hybridized carbons (Fsp3) is 0.375. The van der Waals surface area contributed by atoms with Gasteiger partial charge in [0.15, 0.2) is 5.65 Å². The number of allylic oxidation sites excluding steroid dienone is 1. The quantitative estimate of drug-likeness (QED) is 0.529. The zero-order valence-corrected chi connectivity index (χ0v) is 18.1. The van der Waals surface area contributed by atoms with E-state index in [1.807, 2.05) is 48.8 Å². The van der Waals surface area contributed by atoms with E-state index >= 15 is 0 Å². The highest BCUT2D eigenvalue weighted by molar-refractivity contribution is 5.99. The van der Waals surface area contributed by atoms with Crippen molar-refractivity contribution < 1.29 is 4.79 Å². The van der Waals surface area contributed by atoms with E-state index in [0.717, 1.165) is 34.0 Å². The average molecular weight is 404 g/mol. The van der Waals surface area contributed by atoms with Gasteiger partial charge in [-0.25, -0.2) is 4.98 Å². The molecule has 0 aliphatic heterocycles. The molecule has 0 unspecified atom stereocenters. The average Bonchev–Trinajstić information content (AvgIpc) is 3.44. The molecule has 4 rings (SSSR count). The molecule has 0 spiro atoms. The van der Waals surface area contributed by atoms with Crippen molar-refractivity contribution in [1.29, 1.82) is 0 Å². The van der Waals surface area contributed by atoms with Gasteiger partial charge in [0.25, 0.3) is 0 Å². The van der Waals surface area contributed by atoms with Gasteiger partial charge in [-0.1, -0.05) is 31.6 Å². The highest BCUT2D eigenvalue weighted by Gasteiger charge is 2.27. The van der Waals surface area contributed by atoms with Crippen LogP contribution in [0.2, 0.25) is 0 Å². The maximum Gasteiger partial charge on any atom is 0.248 e. The van der Waals surface area contributed by atoms with Crippen molar-refractivity contribution in [1.82, 2.24) is 14.6 Å². The predicted molar refractivity (Wildman–Crippen MR) is 121 cm³/mol. The van der Waals surface area contributed by atoms with E-state index in [9.17, 15) is 4.79 Å². The molecule has 6 heteroatoms. The molecule has 156 valence electrons. The maximum absolute atomic E-state index is 12.0. The van der Waals surface area contributed by atoms with Crippen LogP contribution in [0.4, 0.5) is 11.5 Å². The number of fused-ring (bicyclic) bond motifs is 1. The zero-order chi connectivity index (χ0) is 21.3. The van der Waals surface area contributed by atoms with Crippen LogP contribution >= 0.6 is 0 Å². The molecule has 2 heterocycles. The Bertz CT molecular complexity index is 1100. The molecule has 1 aliphatic carbocycles. The topological polar surface area (TPSA) is 71.3 Å². The largest absolute Gasteiger partial charge is 0.366 e. The Kier molecular flexibility index (Phi) is 5.57. The Hall–Kier alpha value is -3.15. The van der Waals surface area contributed by atoms with Gasteiger partial charge in [0, 0.05) is 41.5 Å². The number of rotatable bonds is 7. The number of benzene rings is 1. The third-order valence-electron chi connectivity index (χ3n) is 5.22. The maximum atomic E-state index is 12.0. The van der Waals surface area contributed by atoms with Crippen molar-refractivity contribution in [3.63, 3.8) is 0 Å². The van der Waals surface area contributed by atoms with Gasteiger partial charge in [0.05, 0.1) is 6.20 Å². The van der Waals surface area contributed by atoms with Crippen LogP contribution < -0.4 is 10.6 Å². The Morgan fingerprint density at radius 1 is 1.27 bits per heavy atom. The molecule has 6 nitrogen and oxygen atoms in total. The van der Waals surface area contributed by atoms with Crippen molar-refractivity contribution in [2.24, 2.45) is 0 Å². The highest BCUT2D eigenvalue weighted by atomic mass is 16.1. The minimum atomic E-state index is -0.109. The molecule has 30 heavy (non-hydrogen) atoms. The second-order valence-electron chi connectivity index (χ2n) is 8.60. The third kappa shape index (κ3) is 4.53. The summed E-state index contributed by atoms with van der Waals surface area (Å²) >= 11 is 0. The van der Waals surface area contributed by atoms with Crippen molar-refractivity contribution >= 4 is 23.1 Å². The number of hydrogen-bond donors (Lipinski definition) is 2. The molecular formula is C24H29N5O. The number of nitrogens with one attached hydrogen (secondary N) is 2. The number of hydrogen-bond acceptors (Lipinski definition) is 4. The summed E-state index contributed by atoms with van der Waals surface area (Å²) in [6, 6.07) is 10.0. The van der Waals surface area contributed by atoms with Crippen LogP contribution in [-0.2, 0) is 11.3 Å². The SMILES string of the molecule is CC(C)=CC(=O)Nc1cccc(CNc2cc(C3CC3)nc3c(C(C)C)cnn23)c1. The first-order chi connectivity index (χ1) is 14.4. The lowest BCUT2D eigenvalue weighted by Crippen LogP contribution is -2.10. The Morgan fingerprint density at radius 2 is 2.07 bits per heavy atom. The molecule has 3 aromatic rings. The first kappa shape index (κ1) is 20.1. The van der Waals surface area contributed by atoms with Gasteiger partial charge in [-0.2, -0.15) is 9.61 Å². The fourth-order valence-electron chi connectivity index (χ4n) is 3.51. The van der Waals surface area contributed by atoms with Gasteiger partial charge in [0.2, 0.25) is 5.91 Å². The number of anilines is 2. The summed E-state index contributed by atoms with van der Waals surface area (Å²) in [7, 11) is 0. The summed E-state index contributed by atoms with van der Waals surface area (Å²) in [4.78, 5) is 16.9. The van der Waals surface area contributed by atoms with E-state index in [1.54, 1.807) is 6.08 Å². The van der Waals surface area contributed by atoms with Crippen LogP contribution in [0.25, 0.3) is 5.65 Å². The summed E-state index contributed by atoms with van der Waals surface area (Å²) in [5.74, 6) is 1.79. The minimum absolute atomic E-state index is 0.109. The molecule has 1 aliphatic rings. The third-order valence-corrected chi connectivity index (χ3v) is 5.22. The Balaban J connectivity index is 1.56. The number of amides is 1. The number of carbonyl (C=O) groups excluding carboxylic acids is 1. The van der Waals surface area contributed by atoms with E-state index in [2.05, 4.69) is 35.6 Å². The van der Waals surface area contributed by atoms with Crippen molar-refractivity contribution in [3.8, 4) is 0 Å². The number of carbonyl (C=O) groups is 1. The summed E-state index contributed by atoms with van der Waals surface area (Å²) in [6.45, 7) is 8.79. The van der Waals surface area contributed by atoms with E-state index < -0.39 is 0 Å². The van der Waals surface area contributed by atoms with Gasteiger partial charge >= 0.3 is 0 Å². The predicted octanol–water partition coefficient (Wildman–Crippen LogP) is 5.25. The van der Waals surface area contributed by atoms with Crippen LogP contribution in [0.3, 0.4) is 0 Å². The highest BCUT2D eigenvalue weighted by Crippen LogP contribution is 2.40. The van der Waals surface area contributed by atoms with Gasteiger partial charge < -0.3 is 10.6 Å². The Morgan fingerprint density at radius 3 is 2.77 bits per heavy atom. The van der Waals surface area contributed by atoms with E-state index in [-0.39, 0.29) is 5.91 Å². The molecule has 0 atom stereocenters. The van der Waals surface area contributed by atoms with Crippen LogP contribution in [-0.4, -0.2) is 20.5 Å². The number of aromatic nitrogens is 3. The van der Waals surface area contributed by atoms with Crippen molar-refractivity contribution in [2.45, 2.75) is 58.9 Å². The van der Waals surface area contributed by atoms with Gasteiger partial charge in [0.1, 0.15) is 5.82 Å². The lowest BCUT2D eigenvalue weighted by atomic mass is 10.1. The molecule has 2 N–H and O–H groups in total. The molecule has 1 aromatic carbocycles. The lowest BCUT2D eigenvalue weighted by Gasteiger charge is -2.12. The molecular weight excluding hydrogens is 374 g/mol. The molecule has 1 saturated carbocycles. The second kappa shape index (κ2) is 8.30. The van der Waals surface area contributed by atoms with Gasteiger partial charge in [-0.05, 0) is 50.3 Å². The molecule has 0 bridgehead atoms. The molecule has 2 aromatic heterocycles. The van der Waals surface area contributed by atoms with Crippen LogP contribution in [0, 0.1) is 0 Å². The van der Waals surface area contributed by atoms with Crippen LogP contribution in [0.15, 0.2) is 48.2 Å².